The van der Waals surface area contributed by atoms with Crippen molar-refractivity contribution in [1.29, 1.82) is 0 Å². The molecule has 0 rings (SSSR count). The van der Waals surface area contributed by atoms with E-state index >= 15 is 0 Å². The van der Waals surface area contributed by atoms with Gasteiger partial charge in [-0.1, -0.05) is 197 Å². The minimum atomic E-state index is -0.787. The Bertz CT molecular complexity index is 873. The van der Waals surface area contributed by atoms with Gasteiger partial charge >= 0.3 is 11.9 Å². The lowest BCUT2D eigenvalue weighted by molar-refractivity contribution is -0.161. The van der Waals surface area contributed by atoms with E-state index < -0.39 is 6.10 Å². The number of esters is 2. The van der Waals surface area contributed by atoms with Gasteiger partial charge in [0.15, 0.2) is 6.10 Å². The molecule has 52 heavy (non-hydrogen) atoms. The standard InChI is InChI=1S/C47H84O5/c1-3-5-7-9-11-13-15-17-19-21-23-25-27-29-31-33-35-37-39-41-46(49)51-44-45(43-48)52-47(50)42-40-38-36-34-32-30-28-26-24-22-20-18-16-14-12-10-8-6-4-2/h12,14,18,20,24,26,30,32,45,48H,3-11,13,15-17,19,21-23,25,27-29,31,33-44H2,1-2H3/b14-12+,20-18+,26-24+,32-30+/t45-/m0/s1. The summed E-state index contributed by atoms with van der Waals surface area (Å²) in [5, 5.41) is 9.58. The zero-order valence-corrected chi connectivity index (χ0v) is 34.3. The first kappa shape index (κ1) is 49.9. The van der Waals surface area contributed by atoms with E-state index in [-0.39, 0.29) is 25.2 Å². The third-order valence-corrected chi connectivity index (χ3v) is 9.63. The summed E-state index contributed by atoms with van der Waals surface area (Å²) in [6.07, 6.45) is 54.7. The minimum Gasteiger partial charge on any atom is -0.462 e. The summed E-state index contributed by atoms with van der Waals surface area (Å²) >= 11 is 0. The average molecular weight is 729 g/mol. The van der Waals surface area contributed by atoms with E-state index in [4.69, 9.17) is 9.47 Å². The average Bonchev–Trinajstić information content (AvgIpc) is 3.15. The first-order valence-electron chi connectivity index (χ1n) is 22.2. The normalized spacial score (nSPS) is 12.6. The molecule has 0 fully saturated rings. The maximum absolute atomic E-state index is 12.2. The predicted octanol–water partition coefficient (Wildman–Crippen LogP) is 14.2. The van der Waals surface area contributed by atoms with Crippen LogP contribution in [0, 0.1) is 0 Å². The fourth-order valence-corrected chi connectivity index (χ4v) is 6.24. The second-order valence-corrected chi connectivity index (χ2v) is 14.8. The molecule has 0 bridgehead atoms. The third-order valence-electron chi connectivity index (χ3n) is 9.63. The van der Waals surface area contributed by atoms with Crippen molar-refractivity contribution in [1.82, 2.24) is 0 Å². The van der Waals surface area contributed by atoms with Gasteiger partial charge in [0.05, 0.1) is 6.61 Å². The van der Waals surface area contributed by atoms with Crippen molar-refractivity contribution in [2.75, 3.05) is 13.2 Å². The first-order valence-corrected chi connectivity index (χ1v) is 22.2. The van der Waals surface area contributed by atoms with Gasteiger partial charge in [-0.2, -0.15) is 0 Å². The van der Waals surface area contributed by atoms with E-state index in [1.165, 1.54) is 128 Å². The van der Waals surface area contributed by atoms with Crippen molar-refractivity contribution in [3.8, 4) is 0 Å². The lowest BCUT2D eigenvalue weighted by Gasteiger charge is -2.15. The van der Waals surface area contributed by atoms with Gasteiger partial charge in [-0.3, -0.25) is 9.59 Å². The number of carbonyl (C=O) groups excluding carboxylic acids is 2. The Kier molecular flexibility index (Phi) is 41.5. The minimum absolute atomic E-state index is 0.0771. The van der Waals surface area contributed by atoms with Crippen LogP contribution in [-0.2, 0) is 19.1 Å². The molecule has 0 radical (unpaired) electrons. The molecular weight excluding hydrogens is 645 g/mol. The van der Waals surface area contributed by atoms with Crippen LogP contribution >= 0.6 is 0 Å². The molecule has 302 valence electrons. The molecule has 0 aliphatic carbocycles. The largest absolute Gasteiger partial charge is 0.462 e. The highest BCUT2D eigenvalue weighted by Crippen LogP contribution is 2.15. The molecule has 0 aromatic heterocycles. The molecule has 0 saturated heterocycles. The smallest absolute Gasteiger partial charge is 0.306 e. The molecule has 5 nitrogen and oxygen atoms in total. The molecule has 0 heterocycles. The van der Waals surface area contributed by atoms with Gasteiger partial charge in [-0.05, 0) is 57.8 Å². The number of aliphatic hydroxyl groups excluding tert-OH is 1. The summed E-state index contributed by atoms with van der Waals surface area (Å²) in [4.78, 5) is 24.3. The molecule has 0 aromatic rings. The van der Waals surface area contributed by atoms with E-state index in [1.807, 2.05) is 0 Å². The van der Waals surface area contributed by atoms with Crippen molar-refractivity contribution >= 4 is 11.9 Å². The molecule has 1 atom stereocenters. The van der Waals surface area contributed by atoms with Crippen molar-refractivity contribution in [2.45, 2.75) is 225 Å². The summed E-state index contributed by atoms with van der Waals surface area (Å²) in [7, 11) is 0. The van der Waals surface area contributed by atoms with Gasteiger partial charge in [0, 0.05) is 12.8 Å². The summed E-state index contributed by atoms with van der Waals surface area (Å²) in [5.41, 5.74) is 0. The van der Waals surface area contributed by atoms with Crippen molar-refractivity contribution < 1.29 is 24.2 Å². The van der Waals surface area contributed by atoms with E-state index in [0.29, 0.717) is 12.8 Å². The second kappa shape index (κ2) is 43.3. The van der Waals surface area contributed by atoms with Crippen molar-refractivity contribution in [3.63, 3.8) is 0 Å². The Morgan fingerprint density at radius 3 is 1.19 bits per heavy atom. The number of allylic oxidation sites excluding steroid dienone is 8. The number of rotatable bonds is 40. The first-order chi connectivity index (χ1) is 25.6. The van der Waals surface area contributed by atoms with Crippen LogP contribution in [0.1, 0.15) is 219 Å². The predicted molar refractivity (Wildman–Crippen MR) is 224 cm³/mol. The van der Waals surface area contributed by atoms with E-state index in [9.17, 15) is 14.7 Å². The summed E-state index contributed by atoms with van der Waals surface area (Å²) in [6.45, 7) is 4.10. The molecule has 0 spiro atoms. The highest BCUT2D eigenvalue weighted by molar-refractivity contribution is 5.70. The lowest BCUT2D eigenvalue weighted by atomic mass is 10.0. The highest BCUT2D eigenvalue weighted by atomic mass is 16.6. The number of hydrogen-bond acceptors (Lipinski definition) is 5. The Labute approximate surface area is 322 Å². The fraction of sp³-hybridized carbons (Fsp3) is 0.787. The molecule has 0 saturated carbocycles. The number of aliphatic hydroxyl groups is 1. The van der Waals surface area contributed by atoms with Crippen molar-refractivity contribution in [2.24, 2.45) is 0 Å². The number of unbranched alkanes of at least 4 members (excludes halogenated alkanes) is 24. The molecule has 0 aliphatic heterocycles. The monoisotopic (exact) mass is 729 g/mol. The van der Waals surface area contributed by atoms with Crippen LogP contribution in [0.3, 0.4) is 0 Å². The van der Waals surface area contributed by atoms with Crippen LogP contribution in [0.4, 0.5) is 0 Å². The number of ether oxygens (including phenoxy) is 2. The van der Waals surface area contributed by atoms with Crippen LogP contribution in [0.25, 0.3) is 0 Å². The van der Waals surface area contributed by atoms with Crippen LogP contribution < -0.4 is 0 Å². The molecule has 0 amide bonds. The lowest BCUT2D eigenvalue weighted by Crippen LogP contribution is -2.28. The summed E-state index contributed by atoms with van der Waals surface area (Å²) in [5.74, 6) is -0.620. The maximum Gasteiger partial charge on any atom is 0.306 e. The van der Waals surface area contributed by atoms with E-state index in [0.717, 1.165) is 64.2 Å². The highest BCUT2D eigenvalue weighted by Gasteiger charge is 2.16. The van der Waals surface area contributed by atoms with E-state index in [1.54, 1.807) is 0 Å². The fourth-order valence-electron chi connectivity index (χ4n) is 6.24. The summed E-state index contributed by atoms with van der Waals surface area (Å²) < 4.78 is 10.6. The molecule has 0 unspecified atom stereocenters. The second-order valence-electron chi connectivity index (χ2n) is 14.8. The molecule has 0 aliphatic rings. The van der Waals surface area contributed by atoms with Gasteiger partial charge in [-0.25, -0.2) is 0 Å². The molecular formula is C47H84O5. The van der Waals surface area contributed by atoms with Crippen LogP contribution in [-0.4, -0.2) is 36.4 Å². The van der Waals surface area contributed by atoms with Crippen LogP contribution in [0.5, 0.6) is 0 Å². The molecule has 0 aromatic carbocycles. The topological polar surface area (TPSA) is 72.8 Å². The maximum atomic E-state index is 12.2. The number of hydrogen-bond donors (Lipinski definition) is 1. The quantitative estimate of drug-likeness (QED) is 0.0386. The van der Waals surface area contributed by atoms with Crippen LogP contribution in [0.15, 0.2) is 48.6 Å². The van der Waals surface area contributed by atoms with Crippen molar-refractivity contribution in [3.05, 3.63) is 48.6 Å². The zero-order valence-electron chi connectivity index (χ0n) is 34.3. The third kappa shape index (κ3) is 40.6. The molecule has 1 N–H and O–H groups in total. The zero-order chi connectivity index (χ0) is 37.8. The number of carbonyl (C=O) groups is 2. The van der Waals surface area contributed by atoms with Gasteiger partial charge in [0.25, 0.3) is 0 Å². The Morgan fingerprint density at radius 2 is 0.769 bits per heavy atom. The Balaban J connectivity index is 3.58. The Hall–Kier alpha value is -2.14. The van der Waals surface area contributed by atoms with Gasteiger partial charge in [-0.15, -0.1) is 0 Å². The van der Waals surface area contributed by atoms with Crippen LogP contribution in [0.2, 0.25) is 0 Å². The van der Waals surface area contributed by atoms with Gasteiger partial charge in [0.1, 0.15) is 6.61 Å². The van der Waals surface area contributed by atoms with Gasteiger partial charge < -0.3 is 14.6 Å². The van der Waals surface area contributed by atoms with E-state index in [2.05, 4.69) is 62.5 Å². The molecule has 5 heteroatoms. The van der Waals surface area contributed by atoms with Gasteiger partial charge in [0.2, 0.25) is 0 Å². The summed E-state index contributed by atoms with van der Waals surface area (Å²) in [6, 6.07) is 0. The SMILES string of the molecule is CCCCC/C=C/C/C=C/C/C=C/C/C=C/CCCCCC(=O)O[C@@H](CO)COC(=O)CCCCCCCCCCCCCCCCCCCCC. The Morgan fingerprint density at radius 1 is 0.442 bits per heavy atom.